The van der Waals surface area contributed by atoms with Crippen molar-refractivity contribution in [2.24, 2.45) is 0 Å². The average Bonchev–Trinajstić information content (AvgIpc) is 0. The van der Waals surface area contributed by atoms with Gasteiger partial charge in [-0.25, -0.2) is 0 Å². The van der Waals surface area contributed by atoms with Gasteiger partial charge < -0.3 is 0 Å². The van der Waals surface area contributed by atoms with Gasteiger partial charge in [-0.15, -0.1) is 0 Å². The van der Waals surface area contributed by atoms with Gasteiger partial charge in [0.15, 0.2) is 0 Å². The first kappa shape index (κ1) is 0. The lowest BCUT2D eigenvalue weighted by Gasteiger charge is -0.0786. The molecule has 0 aromatic carbocycles. The molecule has 0 heteroatoms. The van der Waals surface area contributed by atoms with Crippen LogP contribution in [0.4, 0.5) is 0 Å². The summed E-state index contributed by atoms with van der Waals surface area (Å²) in [6, 6.07) is 0. The van der Waals surface area contributed by atoms with Crippen LogP contribution in [-0.4, -0.2) is 0 Å². The zero-order valence-corrected chi connectivity index (χ0v) is 0. The van der Waals surface area contributed by atoms with Crippen LogP contribution in [-0.2, 0) is 0 Å². The Bertz CT molecular complexity index is 0. The third-order valence-corrected chi connectivity index (χ3v) is 0. The van der Waals surface area contributed by atoms with Crippen LogP contribution in [0.3, 0.4) is 0 Å². The lowest BCUT2D eigenvalue weighted by Crippen LogP contribution is 0.143. The number of rotatable bonds is 0. The molecule has 0 aliphatic heterocycles. The van der Waals surface area contributed by atoms with Crippen LogP contribution in [0.2, 0.25) is 0 Å². The summed E-state index contributed by atoms with van der Waals surface area (Å²) in [6.07, 6.45) is 0. The number of hydrogen-bond acceptors (Lipinski definition) is 0. The van der Waals surface area contributed by atoms with Crippen molar-refractivity contribution in [1.82, 2.24) is 0 Å². The fourth-order valence-corrected chi connectivity index (χ4v) is 0. The van der Waals surface area contributed by atoms with E-state index in [9.17, 15) is 0 Å². The van der Waals surface area contributed by atoms with E-state index in [0.717, 1.165) is 0 Å². The van der Waals surface area contributed by atoms with Crippen molar-refractivity contribution in [3.8, 4) is 0 Å². The SMILES string of the molecule is C.C.C.C.C.C.C.C.C.C.C.C.C.C.C.C.C.C.C.C.C.C.C.C.C.C.C.C.C.C.C.C.C.C.C.C.C.C.C.C.C.C.C.C. The highest BCUT2D eigenvalue weighted by atomic mass is 12.1. The van der Waals surface area contributed by atoms with Crippen LogP contribution >= 0.6 is 0 Å². The van der Waals surface area contributed by atoms with Crippen molar-refractivity contribution in [1.29, 1.82) is 0 Å². The second-order valence-corrected chi connectivity index (χ2v) is 0. The first-order valence-electron chi connectivity index (χ1n) is 0. The molecule has 0 bridgehead atoms. The fraction of sp³-hybridized carbons (Fsp3) is 1.00. The van der Waals surface area contributed by atoms with Crippen molar-refractivity contribution in [2.45, 2.75) is 327 Å². The quantitative estimate of drug-likeness (QED) is 0.235. The molecule has 0 fully saturated rings. The summed E-state index contributed by atoms with van der Waals surface area (Å²) in [5, 5.41) is 0. The minimum atomic E-state index is 0. The van der Waals surface area contributed by atoms with Crippen LogP contribution in [0.1, 0.15) is 327 Å². The van der Waals surface area contributed by atoms with E-state index in [1.807, 2.05) is 0 Å². The summed E-state index contributed by atoms with van der Waals surface area (Å²) < 4.78 is 0. The first-order valence-corrected chi connectivity index (χ1v) is 0. The molecule has 0 radical (unpaired) electrons. The Balaban J connectivity index is 0. The van der Waals surface area contributed by atoms with Crippen molar-refractivity contribution >= 4 is 0 Å². The molecule has 0 aliphatic carbocycles. The second-order valence-electron chi connectivity index (χ2n) is 0. The molecule has 0 aliphatic rings. The zero-order chi connectivity index (χ0) is 0. The summed E-state index contributed by atoms with van der Waals surface area (Å²) in [5.74, 6) is 0. The Hall–Kier alpha value is 0. The molecule has 0 atom stereocenters. The van der Waals surface area contributed by atoms with E-state index < -0.39 is 0 Å². The van der Waals surface area contributed by atoms with Gasteiger partial charge in [-0.05, 0) is 0 Å². The van der Waals surface area contributed by atoms with Gasteiger partial charge >= 0.3 is 0 Å². The van der Waals surface area contributed by atoms with E-state index in [1.54, 1.807) is 0 Å². The average molecular weight is 706 g/mol. The zero-order valence-electron chi connectivity index (χ0n) is 0. The molecule has 0 N–H and O–H groups in total. The smallest absolute Gasteiger partial charge is 0.0776 e. The van der Waals surface area contributed by atoms with E-state index in [0.29, 0.717) is 0 Å². The normalized spacial score (nSPS) is 0. The predicted octanol–water partition coefficient (Wildman–Crippen LogP) is 28.0. The lowest BCUT2D eigenvalue weighted by atomic mass is 12.0. The third-order valence-electron chi connectivity index (χ3n) is 0. The van der Waals surface area contributed by atoms with Crippen LogP contribution in [0.25, 0.3) is 0 Å². The Morgan fingerprint density at radius 3 is 0.0227 bits per heavy atom. The van der Waals surface area contributed by atoms with Gasteiger partial charge in [-0.3, -0.25) is 0 Å². The van der Waals surface area contributed by atoms with Gasteiger partial charge in [-0.1, -0.05) is 327 Å². The molecule has 0 aromatic rings. The van der Waals surface area contributed by atoms with Crippen molar-refractivity contribution in [3.63, 3.8) is 0 Å². The Morgan fingerprint density at radius 1 is 0.0227 bits per heavy atom. The molecule has 0 heterocycles. The minimum absolute atomic E-state index is 0. The number of hydrogen-bond donors (Lipinski definition) is 0. The summed E-state index contributed by atoms with van der Waals surface area (Å²) in [6.45, 7) is 0. The highest BCUT2D eigenvalue weighted by Gasteiger charge is -0.0346. The van der Waals surface area contributed by atoms with Crippen LogP contribution in [0, 0.1) is 0 Å². The molecule has 0 amide bonds. The first-order chi connectivity index (χ1) is 0. The Kier molecular flexibility index (Phi) is 0. The van der Waals surface area contributed by atoms with Gasteiger partial charge in [0.2, 0.25) is 0 Å². The maximum atomic E-state index is 0. The molecule has 0 aromatic heterocycles. The topological polar surface area (TPSA) is 0 Å². The molecule has 44 heavy (non-hydrogen) atoms. The van der Waals surface area contributed by atoms with Gasteiger partial charge in [0.1, 0.15) is 0 Å². The third kappa shape index (κ3) is 0. The summed E-state index contributed by atoms with van der Waals surface area (Å²) in [7, 11) is 0. The van der Waals surface area contributed by atoms with Crippen LogP contribution in [0.15, 0.2) is 0 Å². The fourth-order valence-electron chi connectivity index (χ4n) is 0. The molecule has 0 nitrogen and oxygen atoms in total. The van der Waals surface area contributed by atoms with Gasteiger partial charge in [0, 0.05) is 0 Å². The van der Waals surface area contributed by atoms with Crippen LogP contribution in [0.5, 0.6) is 0 Å². The monoisotopic (exact) mass is 705 g/mol. The molecular weight excluding hydrogens is 528 g/mol. The maximum Gasteiger partial charge on any atom is -0.0776 e. The maximum absolute atomic E-state index is 0. The van der Waals surface area contributed by atoms with Gasteiger partial charge in [0.05, 0.1) is 0 Å². The highest BCUT2D eigenvalue weighted by molar-refractivity contribution is 2.55. The van der Waals surface area contributed by atoms with Crippen molar-refractivity contribution in [3.05, 3.63) is 0 Å². The van der Waals surface area contributed by atoms with Gasteiger partial charge in [0.25, 0.3) is 0 Å². The largest absolute Gasteiger partial charge is 0.0776 e. The Labute approximate surface area is 326 Å². The summed E-state index contributed by atoms with van der Waals surface area (Å²) in [4.78, 5) is 0. The van der Waals surface area contributed by atoms with Crippen molar-refractivity contribution < 1.29 is 0 Å². The van der Waals surface area contributed by atoms with E-state index in [4.69, 9.17) is 0 Å². The van der Waals surface area contributed by atoms with E-state index >= 15 is 0 Å². The molecular formula is C44H176. The molecule has 0 unspecified atom stereocenters. The lowest BCUT2D eigenvalue weighted by molar-refractivity contribution is 2.50. The van der Waals surface area contributed by atoms with Crippen molar-refractivity contribution in [2.75, 3.05) is 0 Å². The predicted molar refractivity (Wildman–Crippen MR) is 296 cm³/mol. The standard InChI is InChI=1S/44CH4/h44*1H4. The van der Waals surface area contributed by atoms with E-state index in [2.05, 4.69) is 0 Å². The summed E-state index contributed by atoms with van der Waals surface area (Å²) >= 11 is 0. The molecule has 0 saturated heterocycles. The summed E-state index contributed by atoms with van der Waals surface area (Å²) in [5.41, 5.74) is 0. The molecule has 0 saturated carbocycles. The second kappa shape index (κ2) is 0. The molecule has 0 spiro atoms. The Morgan fingerprint density at radius 2 is 0.0227 bits per heavy atom. The van der Waals surface area contributed by atoms with Crippen LogP contribution < -0.4 is 0 Å². The van der Waals surface area contributed by atoms with E-state index in [1.165, 1.54) is 0 Å². The molecule has 352 valence electrons. The van der Waals surface area contributed by atoms with E-state index in [-0.39, 0.29) is 327 Å². The highest BCUT2D eigenvalue weighted by Crippen LogP contribution is 0.187. The van der Waals surface area contributed by atoms with Gasteiger partial charge in [-0.2, -0.15) is 0 Å². The molecule has 0 rings (SSSR count). The minimum Gasteiger partial charge on any atom is -0.0776 e.